The highest BCUT2D eigenvalue weighted by Crippen LogP contribution is 2.30. The zero-order valence-electron chi connectivity index (χ0n) is 17.4. The van der Waals surface area contributed by atoms with Crippen LogP contribution >= 0.6 is 0 Å². The second-order valence-corrected chi connectivity index (χ2v) is 6.98. The van der Waals surface area contributed by atoms with E-state index < -0.39 is 11.8 Å². The smallest absolute Gasteiger partial charge is 0.261 e. The van der Waals surface area contributed by atoms with Crippen LogP contribution in [0.3, 0.4) is 0 Å². The van der Waals surface area contributed by atoms with Gasteiger partial charge in [-0.05, 0) is 50.1 Å². The molecule has 0 bridgehead atoms. The van der Waals surface area contributed by atoms with Gasteiger partial charge in [0, 0.05) is 5.56 Å². The average Bonchev–Trinajstić information content (AvgIpc) is 2.72. The van der Waals surface area contributed by atoms with Crippen LogP contribution in [0, 0.1) is 0 Å². The first kappa shape index (κ1) is 21.4. The summed E-state index contributed by atoms with van der Waals surface area (Å²) in [4.78, 5) is 38.6. The SMILES string of the molecule is CCOc1ccc([C@@H](C)NC(=O)CN2C(=O)Cc3ccccc3C2=O)cc1OCC. The highest BCUT2D eigenvalue weighted by atomic mass is 16.5. The highest BCUT2D eigenvalue weighted by Gasteiger charge is 2.32. The molecule has 0 fully saturated rings. The number of nitrogens with zero attached hydrogens (tertiary/aromatic N) is 1. The average molecular weight is 410 g/mol. The molecule has 0 aliphatic carbocycles. The van der Waals surface area contributed by atoms with Crippen LogP contribution in [0.2, 0.25) is 0 Å². The lowest BCUT2D eigenvalue weighted by molar-refractivity contribution is -0.133. The molecule has 1 atom stereocenters. The molecule has 3 amide bonds. The molecule has 3 rings (SSSR count). The van der Waals surface area contributed by atoms with Crippen LogP contribution in [-0.4, -0.2) is 42.4 Å². The van der Waals surface area contributed by atoms with E-state index in [4.69, 9.17) is 9.47 Å². The first-order valence-electron chi connectivity index (χ1n) is 10.1. The van der Waals surface area contributed by atoms with E-state index >= 15 is 0 Å². The fourth-order valence-electron chi connectivity index (χ4n) is 3.41. The lowest BCUT2D eigenvalue weighted by Gasteiger charge is -2.27. The summed E-state index contributed by atoms with van der Waals surface area (Å²) in [6.45, 7) is 6.31. The van der Waals surface area contributed by atoms with Crippen LogP contribution in [0.1, 0.15) is 48.3 Å². The summed E-state index contributed by atoms with van der Waals surface area (Å²) in [6.07, 6.45) is 0.112. The maximum atomic E-state index is 12.6. The van der Waals surface area contributed by atoms with Gasteiger partial charge in [0.25, 0.3) is 5.91 Å². The fourth-order valence-corrected chi connectivity index (χ4v) is 3.41. The maximum absolute atomic E-state index is 12.6. The normalized spacial score (nSPS) is 14.2. The molecule has 1 heterocycles. The van der Waals surface area contributed by atoms with E-state index in [2.05, 4.69) is 5.32 Å². The molecule has 7 nitrogen and oxygen atoms in total. The Morgan fingerprint density at radius 1 is 1.07 bits per heavy atom. The molecule has 30 heavy (non-hydrogen) atoms. The van der Waals surface area contributed by atoms with E-state index in [1.54, 1.807) is 30.3 Å². The van der Waals surface area contributed by atoms with Crippen molar-refractivity contribution in [3.63, 3.8) is 0 Å². The number of carbonyl (C=O) groups is 3. The van der Waals surface area contributed by atoms with Crippen molar-refractivity contribution in [3.8, 4) is 11.5 Å². The van der Waals surface area contributed by atoms with E-state index in [0.717, 1.165) is 10.5 Å². The highest BCUT2D eigenvalue weighted by molar-refractivity contribution is 6.11. The Morgan fingerprint density at radius 3 is 2.50 bits per heavy atom. The number of benzene rings is 2. The van der Waals surface area contributed by atoms with Crippen molar-refractivity contribution < 1.29 is 23.9 Å². The van der Waals surface area contributed by atoms with Gasteiger partial charge in [0.2, 0.25) is 11.8 Å². The van der Waals surface area contributed by atoms with E-state index in [9.17, 15) is 14.4 Å². The number of hydrogen-bond acceptors (Lipinski definition) is 5. The Labute approximate surface area is 176 Å². The Kier molecular flexibility index (Phi) is 6.72. The van der Waals surface area contributed by atoms with Gasteiger partial charge >= 0.3 is 0 Å². The van der Waals surface area contributed by atoms with Crippen molar-refractivity contribution in [1.82, 2.24) is 10.2 Å². The van der Waals surface area contributed by atoms with Crippen LogP contribution in [-0.2, 0) is 16.0 Å². The summed E-state index contributed by atoms with van der Waals surface area (Å²) in [6, 6.07) is 12.1. The molecule has 2 aromatic rings. The lowest BCUT2D eigenvalue weighted by Crippen LogP contribution is -2.47. The van der Waals surface area contributed by atoms with Gasteiger partial charge < -0.3 is 14.8 Å². The molecule has 158 valence electrons. The topological polar surface area (TPSA) is 84.9 Å². The summed E-state index contributed by atoms with van der Waals surface area (Å²) in [7, 11) is 0. The van der Waals surface area contributed by atoms with Crippen LogP contribution in [0.4, 0.5) is 0 Å². The minimum Gasteiger partial charge on any atom is -0.490 e. The van der Waals surface area contributed by atoms with Gasteiger partial charge in [0.15, 0.2) is 11.5 Å². The van der Waals surface area contributed by atoms with Crippen molar-refractivity contribution in [2.45, 2.75) is 33.2 Å². The van der Waals surface area contributed by atoms with Gasteiger partial charge in [-0.1, -0.05) is 24.3 Å². The number of carbonyl (C=O) groups excluding carboxylic acids is 3. The van der Waals surface area contributed by atoms with Gasteiger partial charge in [-0.2, -0.15) is 0 Å². The maximum Gasteiger partial charge on any atom is 0.261 e. The van der Waals surface area contributed by atoms with Crippen molar-refractivity contribution in [3.05, 3.63) is 59.2 Å². The first-order chi connectivity index (χ1) is 14.4. The monoisotopic (exact) mass is 410 g/mol. The van der Waals surface area contributed by atoms with Crippen molar-refractivity contribution in [2.24, 2.45) is 0 Å². The third kappa shape index (κ3) is 4.62. The number of fused-ring (bicyclic) bond motifs is 1. The first-order valence-corrected chi connectivity index (χ1v) is 10.1. The summed E-state index contributed by atoms with van der Waals surface area (Å²) < 4.78 is 11.2. The summed E-state index contributed by atoms with van der Waals surface area (Å²) in [5, 5.41) is 2.85. The second-order valence-electron chi connectivity index (χ2n) is 6.98. The van der Waals surface area contributed by atoms with E-state index in [0.29, 0.717) is 35.8 Å². The molecular formula is C23H26N2O5. The van der Waals surface area contributed by atoms with Crippen LogP contribution in [0.25, 0.3) is 0 Å². The summed E-state index contributed by atoms with van der Waals surface area (Å²) in [5.41, 5.74) is 1.98. The number of ether oxygens (including phenoxy) is 2. The predicted molar refractivity (Wildman–Crippen MR) is 112 cm³/mol. The molecule has 0 aromatic heterocycles. The third-order valence-electron chi connectivity index (χ3n) is 4.88. The molecule has 1 aliphatic heterocycles. The Hall–Kier alpha value is -3.35. The molecule has 1 N–H and O–H groups in total. The van der Waals surface area contributed by atoms with E-state index in [1.165, 1.54) is 0 Å². The van der Waals surface area contributed by atoms with Crippen molar-refractivity contribution >= 4 is 17.7 Å². The van der Waals surface area contributed by atoms with Crippen LogP contribution in [0.15, 0.2) is 42.5 Å². The zero-order chi connectivity index (χ0) is 21.7. The number of hydrogen-bond donors (Lipinski definition) is 1. The number of amides is 3. The predicted octanol–water partition coefficient (Wildman–Crippen LogP) is 2.89. The third-order valence-corrected chi connectivity index (χ3v) is 4.88. The Balaban J connectivity index is 1.68. The summed E-state index contributed by atoms with van der Waals surface area (Å²) in [5.74, 6) is 0.0294. The van der Waals surface area contributed by atoms with Crippen LogP contribution in [0.5, 0.6) is 11.5 Å². The van der Waals surface area contributed by atoms with Gasteiger partial charge in [-0.25, -0.2) is 0 Å². The van der Waals surface area contributed by atoms with Gasteiger partial charge in [0.1, 0.15) is 6.54 Å². The molecule has 0 unspecified atom stereocenters. The molecule has 0 saturated carbocycles. The van der Waals surface area contributed by atoms with Gasteiger partial charge in [0.05, 0.1) is 25.7 Å². The number of nitrogens with one attached hydrogen (secondary N) is 1. The van der Waals surface area contributed by atoms with E-state index in [1.807, 2.05) is 32.9 Å². The van der Waals surface area contributed by atoms with Gasteiger partial charge in [-0.15, -0.1) is 0 Å². The van der Waals surface area contributed by atoms with Gasteiger partial charge in [-0.3, -0.25) is 19.3 Å². The number of rotatable bonds is 8. The summed E-state index contributed by atoms with van der Waals surface area (Å²) >= 11 is 0. The molecule has 0 radical (unpaired) electrons. The standard InChI is InChI=1S/C23H26N2O5/c1-4-29-19-11-10-16(12-20(19)30-5-2)15(3)24-21(26)14-25-22(27)13-17-8-6-7-9-18(17)23(25)28/h6-12,15H,4-5,13-14H2,1-3H3,(H,24,26)/t15-/m1/s1. The lowest BCUT2D eigenvalue weighted by atomic mass is 9.98. The largest absolute Gasteiger partial charge is 0.490 e. The van der Waals surface area contributed by atoms with Crippen LogP contribution < -0.4 is 14.8 Å². The number of imide groups is 1. The molecule has 2 aromatic carbocycles. The Morgan fingerprint density at radius 2 is 1.77 bits per heavy atom. The molecule has 0 spiro atoms. The minimum atomic E-state index is -0.440. The second kappa shape index (κ2) is 9.43. The van der Waals surface area contributed by atoms with E-state index in [-0.39, 0.29) is 24.9 Å². The zero-order valence-corrected chi connectivity index (χ0v) is 17.4. The molecule has 7 heteroatoms. The quantitative estimate of drug-likeness (QED) is 0.677. The molecular weight excluding hydrogens is 384 g/mol. The van der Waals surface area contributed by atoms with Crippen molar-refractivity contribution in [1.29, 1.82) is 0 Å². The molecule has 1 aliphatic rings. The Bertz CT molecular complexity index is 956. The molecule has 0 saturated heterocycles. The fraction of sp³-hybridized carbons (Fsp3) is 0.348. The van der Waals surface area contributed by atoms with Crippen molar-refractivity contribution in [2.75, 3.05) is 19.8 Å². The minimum absolute atomic E-state index is 0.112.